The summed E-state index contributed by atoms with van der Waals surface area (Å²) in [6.07, 6.45) is 3.87. The average molecular weight is 432 g/mol. The second-order valence-electron chi connectivity index (χ2n) is 7.47. The summed E-state index contributed by atoms with van der Waals surface area (Å²) in [4.78, 5) is 24.5. The number of carbonyl (C=O) groups excluding carboxylic acids is 2. The lowest BCUT2D eigenvalue weighted by Crippen LogP contribution is -2.32. The van der Waals surface area contributed by atoms with Crippen LogP contribution in [0.1, 0.15) is 45.4 Å². The van der Waals surface area contributed by atoms with Crippen LogP contribution in [0.25, 0.3) is 10.8 Å². The van der Waals surface area contributed by atoms with Crippen molar-refractivity contribution in [2.24, 2.45) is 0 Å². The van der Waals surface area contributed by atoms with Crippen molar-refractivity contribution in [3.05, 3.63) is 48.6 Å². The van der Waals surface area contributed by atoms with Crippen LogP contribution < -0.4 is 4.74 Å². The van der Waals surface area contributed by atoms with Gasteiger partial charge in [-0.1, -0.05) is 37.8 Å². The third kappa shape index (κ3) is 4.71. The van der Waals surface area contributed by atoms with Gasteiger partial charge in [0.1, 0.15) is 16.2 Å². The number of ether oxygens (including phenoxy) is 2. The lowest BCUT2D eigenvalue weighted by molar-refractivity contribution is -0.155. The fraction of sp³-hybridized carbons (Fsp3) is 0.364. The van der Waals surface area contributed by atoms with E-state index in [1.54, 1.807) is 18.2 Å². The van der Waals surface area contributed by atoms with Crippen LogP contribution in [-0.4, -0.2) is 30.5 Å². The van der Waals surface area contributed by atoms with Crippen molar-refractivity contribution in [2.45, 2.75) is 55.9 Å². The SMILES string of the molecule is C=C(CC(=O)Oc1cccc2cccc(S(=O)(=O)O)c12)C(=O)OC1(CC)CCCC1. The molecule has 2 aromatic carbocycles. The van der Waals surface area contributed by atoms with E-state index in [9.17, 15) is 22.6 Å². The molecule has 1 aliphatic carbocycles. The van der Waals surface area contributed by atoms with E-state index in [1.807, 2.05) is 6.92 Å². The molecule has 0 radical (unpaired) electrons. The van der Waals surface area contributed by atoms with Crippen molar-refractivity contribution in [2.75, 3.05) is 0 Å². The van der Waals surface area contributed by atoms with E-state index in [0.29, 0.717) is 11.8 Å². The van der Waals surface area contributed by atoms with E-state index >= 15 is 0 Å². The number of fused-ring (bicyclic) bond motifs is 1. The Kier molecular flexibility index (Phi) is 6.28. The van der Waals surface area contributed by atoms with Crippen molar-refractivity contribution in [3.8, 4) is 5.75 Å². The Morgan fingerprint density at radius 3 is 2.37 bits per heavy atom. The minimum atomic E-state index is -4.53. The van der Waals surface area contributed by atoms with Gasteiger partial charge >= 0.3 is 11.9 Å². The molecule has 30 heavy (non-hydrogen) atoms. The van der Waals surface area contributed by atoms with Gasteiger partial charge in [-0.2, -0.15) is 8.42 Å². The quantitative estimate of drug-likeness (QED) is 0.302. The van der Waals surface area contributed by atoms with Gasteiger partial charge in [0.15, 0.2) is 0 Å². The van der Waals surface area contributed by atoms with Crippen LogP contribution in [0.3, 0.4) is 0 Å². The highest BCUT2D eigenvalue weighted by molar-refractivity contribution is 7.86. The van der Waals surface area contributed by atoms with Gasteiger partial charge in [-0.15, -0.1) is 0 Å². The Hall–Kier alpha value is -2.71. The maximum Gasteiger partial charge on any atom is 0.334 e. The molecule has 1 aliphatic rings. The fourth-order valence-electron chi connectivity index (χ4n) is 3.79. The second kappa shape index (κ2) is 8.57. The topological polar surface area (TPSA) is 107 Å². The van der Waals surface area contributed by atoms with E-state index in [-0.39, 0.29) is 21.6 Å². The number of rotatable bonds is 7. The van der Waals surface area contributed by atoms with E-state index in [4.69, 9.17) is 9.47 Å². The lowest BCUT2D eigenvalue weighted by Gasteiger charge is -2.28. The predicted molar refractivity (Wildman–Crippen MR) is 111 cm³/mol. The van der Waals surface area contributed by atoms with Crippen LogP contribution in [0.4, 0.5) is 0 Å². The number of hydrogen-bond acceptors (Lipinski definition) is 6. The van der Waals surface area contributed by atoms with Gasteiger partial charge < -0.3 is 9.47 Å². The zero-order valence-electron chi connectivity index (χ0n) is 16.7. The summed E-state index contributed by atoms with van der Waals surface area (Å²) >= 11 is 0. The molecule has 0 amide bonds. The van der Waals surface area contributed by atoms with Crippen molar-refractivity contribution in [3.63, 3.8) is 0 Å². The van der Waals surface area contributed by atoms with Crippen molar-refractivity contribution < 1.29 is 32.0 Å². The van der Waals surface area contributed by atoms with E-state index in [2.05, 4.69) is 6.58 Å². The molecule has 8 heteroatoms. The predicted octanol–water partition coefficient (Wildman–Crippen LogP) is 4.20. The monoisotopic (exact) mass is 432 g/mol. The minimum Gasteiger partial charge on any atom is -0.456 e. The largest absolute Gasteiger partial charge is 0.456 e. The number of benzene rings is 2. The number of hydrogen-bond donors (Lipinski definition) is 1. The zero-order valence-corrected chi connectivity index (χ0v) is 17.5. The molecule has 0 unspecified atom stereocenters. The molecular weight excluding hydrogens is 408 g/mol. The van der Waals surface area contributed by atoms with Crippen LogP contribution >= 0.6 is 0 Å². The molecule has 0 heterocycles. The minimum absolute atomic E-state index is 0.0324. The third-order valence-electron chi connectivity index (χ3n) is 5.44. The van der Waals surface area contributed by atoms with Crippen LogP contribution in [0.15, 0.2) is 53.4 Å². The smallest absolute Gasteiger partial charge is 0.334 e. The summed E-state index contributed by atoms with van der Waals surface area (Å²) in [7, 11) is -4.53. The maximum atomic E-state index is 12.4. The van der Waals surface area contributed by atoms with E-state index in [1.165, 1.54) is 18.2 Å². The number of carbonyl (C=O) groups is 2. The van der Waals surface area contributed by atoms with Gasteiger partial charge in [-0.3, -0.25) is 9.35 Å². The highest BCUT2D eigenvalue weighted by atomic mass is 32.2. The Labute approximate surface area is 175 Å². The molecule has 1 saturated carbocycles. The highest BCUT2D eigenvalue weighted by Crippen LogP contribution is 2.37. The van der Waals surface area contributed by atoms with Gasteiger partial charge in [0, 0.05) is 11.0 Å². The first-order valence-corrected chi connectivity index (χ1v) is 11.2. The van der Waals surface area contributed by atoms with Crippen molar-refractivity contribution in [1.29, 1.82) is 0 Å². The summed E-state index contributed by atoms with van der Waals surface area (Å²) in [5, 5.41) is 0.555. The molecule has 0 bridgehead atoms. The van der Waals surface area contributed by atoms with Gasteiger partial charge in [0.2, 0.25) is 0 Å². The summed E-state index contributed by atoms with van der Waals surface area (Å²) in [6.45, 7) is 5.61. The van der Waals surface area contributed by atoms with Crippen LogP contribution in [0.5, 0.6) is 5.75 Å². The van der Waals surface area contributed by atoms with Gasteiger partial charge in [0.25, 0.3) is 10.1 Å². The molecule has 0 aliphatic heterocycles. The molecule has 7 nitrogen and oxygen atoms in total. The summed E-state index contributed by atoms with van der Waals surface area (Å²) in [5.74, 6) is -1.45. The lowest BCUT2D eigenvalue weighted by atomic mass is 9.98. The molecule has 0 saturated heterocycles. The highest BCUT2D eigenvalue weighted by Gasteiger charge is 2.36. The molecule has 0 aromatic heterocycles. The Morgan fingerprint density at radius 2 is 1.77 bits per heavy atom. The standard InChI is InChI=1S/C22H24O7S/c1-3-22(12-4-5-13-22)29-21(24)15(2)14-19(23)28-17-10-6-8-16-9-7-11-18(20(16)17)30(25,26)27/h6-11H,2-5,12-14H2,1H3,(H,25,26,27). The Balaban J connectivity index is 1.76. The van der Waals surface area contributed by atoms with Crippen molar-refractivity contribution >= 4 is 32.8 Å². The van der Waals surface area contributed by atoms with Crippen LogP contribution in [0.2, 0.25) is 0 Å². The van der Waals surface area contributed by atoms with Gasteiger partial charge in [-0.05, 0) is 49.6 Å². The number of esters is 2. The Morgan fingerprint density at radius 1 is 1.13 bits per heavy atom. The molecule has 0 spiro atoms. The van der Waals surface area contributed by atoms with Crippen LogP contribution in [-0.2, 0) is 24.4 Å². The summed E-state index contributed by atoms with van der Waals surface area (Å²) in [6, 6.07) is 8.96. The molecular formula is C22H24O7S. The maximum absolute atomic E-state index is 12.4. The Bertz CT molecular complexity index is 1090. The van der Waals surface area contributed by atoms with E-state index in [0.717, 1.165) is 25.7 Å². The van der Waals surface area contributed by atoms with E-state index < -0.39 is 34.1 Å². The first-order valence-electron chi connectivity index (χ1n) is 9.76. The van der Waals surface area contributed by atoms with Crippen LogP contribution in [0, 0.1) is 0 Å². The molecule has 3 rings (SSSR count). The molecule has 160 valence electrons. The average Bonchev–Trinajstić information content (AvgIpc) is 3.16. The van der Waals surface area contributed by atoms with Crippen molar-refractivity contribution in [1.82, 2.24) is 0 Å². The molecule has 1 N–H and O–H groups in total. The molecule has 0 atom stereocenters. The summed E-state index contributed by atoms with van der Waals surface area (Å²) < 4.78 is 43.9. The summed E-state index contributed by atoms with van der Waals surface area (Å²) in [5.41, 5.74) is -0.529. The zero-order chi connectivity index (χ0) is 21.9. The first kappa shape index (κ1) is 22.0. The normalized spacial score (nSPS) is 15.7. The van der Waals surface area contributed by atoms with Gasteiger partial charge in [-0.25, -0.2) is 4.79 Å². The second-order valence-corrected chi connectivity index (χ2v) is 8.86. The first-order chi connectivity index (χ1) is 14.1. The fourth-order valence-corrected chi connectivity index (χ4v) is 4.52. The third-order valence-corrected chi connectivity index (χ3v) is 6.34. The molecule has 1 fully saturated rings. The molecule has 2 aromatic rings. The van der Waals surface area contributed by atoms with Gasteiger partial charge in [0.05, 0.1) is 6.42 Å².